The first kappa shape index (κ1) is 12.0. The molecular formula is C11H18N2O2S. The van der Waals surface area contributed by atoms with Gasteiger partial charge in [-0.15, -0.1) is 11.3 Å². The number of nitrogens with zero attached hydrogens (tertiary/aromatic N) is 1. The third kappa shape index (κ3) is 2.43. The lowest BCUT2D eigenvalue weighted by molar-refractivity contribution is -0.103. The normalized spacial score (nSPS) is 21.9. The monoisotopic (exact) mass is 242 g/mol. The van der Waals surface area contributed by atoms with E-state index < -0.39 is 0 Å². The molecule has 0 amide bonds. The van der Waals surface area contributed by atoms with Crippen molar-refractivity contribution in [1.82, 2.24) is 4.98 Å². The Kier molecular flexibility index (Phi) is 3.91. The fraction of sp³-hybridized carbons (Fsp3) is 0.727. The average molecular weight is 242 g/mol. The molecule has 1 aliphatic heterocycles. The van der Waals surface area contributed by atoms with E-state index >= 15 is 0 Å². The molecule has 2 N–H and O–H groups in total. The standard InChI is InChI=1S/C11H18N2O2S/c1-14-11(2-4-15-5-3-11)10(12)6-9-7-13-8-16-9/h7-8,10H,2-6,12H2,1H3. The second-order valence-electron chi connectivity index (χ2n) is 4.16. The summed E-state index contributed by atoms with van der Waals surface area (Å²) in [5, 5.41) is 0. The summed E-state index contributed by atoms with van der Waals surface area (Å²) in [4.78, 5) is 5.28. The topological polar surface area (TPSA) is 57.4 Å². The van der Waals surface area contributed by atoms with Crippen LogP contribution < -0.4 is 5.73 Å². The molecular weight excluding hydrogens is 224 g/mol. The highest BCUT2D eigenvalue weighted by molar-refractivity contribution is 7.09. The van der Waals surface area contributed by atoms with Crippen LogP contribution in [-0.2, 0) is 15.9 Å². The van der Waals surface area contributed by atoms with Crippen LogP contribution in [0.4, 0.5) is 0 Å². The minimum Gasteiger partial charge on any atom is -0.381 e. The maximum absolute atomic E-state index is 6.28. The number of nitrogens with two attached hydrogens (primary N) is 1. The van der Waals surface area contributed by atoms with E-state index in [0.29, 0.717) is 0 Å². The van der Waals surface area contributed by atoms with Crippen molar-refractivity contribution in [2.24, 2.45) is 5.73 Å². The first-order valence-corrected chi connectivity index (χ1v) is 6.41. The highest BCUT2D eigenvalue weighted by atomic mass is 32.1. The van der Waals surface area contributed by atoms with E-state index in [1.165, 1.54) is 4.88 Å². The second kappa shape index (κ2) is 5.23. The molecule has 0 aliphatic carbocycles. The lowest BCUT2D eigenvalue weighted by Gasteiger charge is -2.40. The predicted molar refractivity (Wildman–Crippen MR) is 63.6 cm³/mol. The van der Waals surface area contributed by atoms with Gasteiger partial charge < -0.3 is 15.2 Å². The van der Waals surface area contributed by atoms with Crippen molar-refractivity contribution in [3.63, 3.8) is 0 Å². The van der Waals surface area contributed by atoms with Crippen LogP contribution in [0.15, 0.2) is 11.7 Å². The van der Waals surface area contributed by atoms with Crippen molar-refractivity contribution < 1.29 is 9.47 Å². The van der Waals surface area contributed by atoms with Gasteiger partial charge in [-0.3, -0.25) is 4.98 Å². The van der Waals surface area contributed by atoms with Gasteiger partial charge in [-0.05, 0) is 0 Å². The van der Waals surface area contributed by atoms with Gasteiger partial charge in [0, 0.05) is 56.7 Å². The van der Waals surface area contributed by atoms with Gasteiger partial charge >= 0.3 is 0 Å². The number of rotatable bonds is 4. The minimum absolute atomic E-state index is 0.0156. The Morgan fingerprint density at radius 2 is 2.38 bits per heavy atom. The van der Waals surface area contributed by atoms with Gasteiger partial charge in [-0.25, -0.2) is 0 Å². The number of ether oxygens (including phenoxy) is 2. The molecule has 16 heavy (non-hydrogen) atoms. The molecule has 5 heteroatoms. The van der Waals surface area contributed by atoms with Gasteiger partial charge in [0.25, 0.3) is 0 Å². The summed E-state index contributed by atoms with van der Waals surface area (Å²) < 4.78 is 11.0. The van der Waals surface area contributed by atoms with E-state index in [1.54, 1.807) is 18.4 Å². The molecule has 1 atom stereocenters. The largest absolute Gasteiger partial charge is 0.381 e. The molecule has 0 bridgehead atoms. The molecule has 1 aliphatic rings. The molecule has 4 nitrogen and oxygen atoms in total. The Labute approximate surface area is 99.8 Å². The van der Waals surface area contributed by atoms with Crippen molar-refractivity contribution in [3.05, 3.63) is 16.6 Å². The van der Waals surface area contributed by atoms with Gasteiger partial charge in [0.1, 0.15) is 0 Å². The van der Waals surface area contributed by atoms with Crippen LogP contribution in [0.25, 0.3) is 0 Å². The number of hydrogen-bond acceptors (Lipinski definition) is 5. The van der Waals surface area contributed by atoms with Crippen LogP contribution in [-0.4, -0.2) is 37.0 Å². The molecule has 2 rings (SSSR count). The molecule has 1 saturated heterocycles. The zero-order chi connectivity index (χ0) is 11.4. The summed E-state index contributed by atoms with van der Waals surface area (Å²) in [6.45, 7) is 1.48. The van der Waals surface area contributed by atoms with E-state index in [0.717, 1.165) is 32.5 Å². The summed E-state index contributed by atoms with van der Waals surface area (Å²) in [6, 6.07) is 0.0156. The summed E-state index contributed by atoms with van der Waals surface area (Å²) >= 11 is 1.65. The van der Waals surface area contributed by atoms with Crippen LogP contribution in [0.1, 0.15) is 17.7 Å². The third-order valence-corrected chi connectivity index (χ3v) is 4.13. The molecule has 1 unspecified atom stereocenters. The van der Waals surface area contributed by atoms with Crippen LogP contribution in [0.5, 0.6) is 0 Å². The zero-order valence-corrected chi connectivity index (χ0v) is 10.3. The van der Waals surface area contributed by atoms with Gasteiger partial charge in [-0.1, -0.05) is 0 Å². The highest BCUT2D eigenvalue weighted by Gasteiger charge is 2.38. The first-order valence-electron chi connectivity index (χ1n) is 5.53. The molecule has 1 fully saturated rings. The van der Waals surface area contributed by atoms with E-state index in [2.05, 4.69) is 4.98 Å². The Balaban J connectivity index is 2.02. The van der Waals surface area contributed by atoms with Gasteiger partial charge in [0.05, 0.1) is 11.1 Å². The molecule has 0 saturated carbocycles. The van der Waals surface area contributed by atoms with Crippen LogP contribution in [0.2, 0.25) is 0 Å². The SMILES string of the molecule is COC1(C(N)Cc2cncs2)CCOCC1. The maximum Gasteiger partial charge on any atom is 0.0876 e. The Hall–Kier alpha value is -0.490. The van der Waals surface area contributed by atoms with Crippen molar-refractivity contribution in [3.8, 4) is 0 Å². The molecule has 90 valence electrons. The average Bonchev–Trinajstić information content (AvgIpc) is 2.82. The van der Waals surface area contributed by atoms with Crippen molar-refractivity contribution in [1.29, 1.82) is 0 Å². The van der Waals surface area contributed by atoms with Crippen molar-refractivity contribution >= 4 is 11.3 Å². The van der Waals surface area contributed by atoms with Gasteiger partial charge in [0.15, 0.2) is 0 Å². The summed E-state index contributed by atoms with van der Waals surface area (Å²) in [7, 11) is 1.75. The lowest BCUT2D eigenvalue weighted by Crippen LogP contribution is -2.53. The molecule has 0 aromatic carbocycles. The molecule has 0 radical (unpaired) electrons. The molecule has 2 heterocycles. The number of hydrogen-bond donors (Lipinski definition) is 1. The smallest absolute Gasteiger partial charge is 0.0876 e. The fourth-order valence-electron chi connectivity index (χ4n) is 2.19. The van der Waals surface area contributed by atoms with E-state index in [-0.39, 0.29) is 11.6 Å². The van der Waals surface area contributed by atoms with Crippen molar-refractivity contribution in [2.45, 2.75) is 30.9 Å². The van der Waals surface area contributed by atoms with E-state index in [4.69, 9.17) is 15.2 Å². The predicted octanol–water partition coefficient (Wildman–Crippen LogP) is 1.21. The highest BCUT2D eigenvalue weighted by Crippen LogP contribution is 2.29. The molecule has 1 aromatic heterocycles. The molecule has 0 spiro atoms. The zero-order valence-electron chi connectivity index (χ0n) is 9.52. The first-order chi connectivity index (χ1) is 7.77. The maximum atomic E-state index is 6.28. The summed E-state index contributed by atoms with van der Waals surface area (Å²) in [5.74, 6) is 0. The second-order valence-corrected chi connectivity index (χ2v) is 5.13. The third-order valence-electron chi connectivity index (χ3n) is 3.33. The Morgan fingerprint density at radius 1 is 1.62 bits per heavy atom. The van der Waals surface area contributed by atoms with E-state index in [1.807, 2.05) is 11.7 Å². The van der Waals surface area contributed by atoms with Crippen LogP contribution >= 0.6 is 11.3 Å². The summed E-state index contributed by atoms with van der Waals surface area (Å²) in [6.07, 6.45) is 4.47. The number of methoxy groups -OCH3 is 1. The van der Waals surface area contributed by atoms with Gasteiger partial charge in [0.2, 0.25) is 0 Å². The Bertz CT molecular complexity index is 310. The molecule has 1 aromatic rings. The quantitative estimate of drug-likeness (QED) is 0.862. The van der Waals surface area contributed by atoms with Crippen molar-refractivity contribution in [2.75, 3.05) is 20.3 Å². The fourth-order valence-corrected chi connectivity index (χ4v) is 2.84. The lowest BCUT2D eigenvalue weighted by atomic mass is 9.84. The number of thiazole rings is 1. The van der Waals surface area contributed by atoms with Crippen LogP contribution in [0.3, 0.4) is 0 Å². The number of aromatic nitrogens is 1. The Morgan fingerprint density at radius 3 is 2.94 bits per heavy atom. The van der Waals surface area contributed by atoms with E-state index in [9.17, 15) is 0 Å². The van der Waals surface area contributed by atoms with Crippen LogP contribution in [0, 0.1) is 0 Å². The minimum atomic E-state index is -0.220. The van der Waals surface area contributed by atoms with Gasteiger partial charge in [-0.2, -0.15) is 0 Å². The summed E-state index contributed by atoms with van der Waals surface area (Å²) in [5.41, 5.74) is 7.90.